The summed E-state index contributed by atoms with van der Waals surface area (Å²) in [5.41, 5.74) is -0.548. The zero-order valence-electron chi connectivity index (χ0n) is 9.61. The zero-order valence-corrected chi connectivity index (χ0v) is 9.61. The fourth-order valence-corrected chi connectivity index (χ4v) is 1.79. The highest BCUT2D eigenvalue weighted by molar-refractivity contribution is 5.96. The molecular weight excluding hydrogens is 250 g/mol. The molecule has 2 N–H and O–H groups in total. The summed E-state index contributed by atoms with van der Waals surface area (Å²) in [6.45, 7) is 0. The van der Waals surface area contributed by atoms with Crippen LogP contribution < -0.4 is 0 Å². The van der Waals surface area contributed by atoms with Gasteiger partial charge < -0.3 is 10.2 Å². The molecule has 0 unspecified atom stereocenters. The Labute approximate surface area is 107 Å². The van der Waals surface area contributed by atoms with E-state index in [-0.39, 0.29) is 5.56 Å². The normalized spacial score (nSPS) is 10.1. The Morgan fingerprint density at radius 1 is 1.11 bits per heavy atom. The molecule has 6 heteroatoms. The minimum Gasteiger partial charge on any atom is -0.502 e. The Bertz CT molecular complexity index is 652. The van der Waals surface area contributed by atoms with Crippen LogP contribution in [0.4, 0.5) is 5.69 Å². The predicted octanol–water partition coefficient (Wildman–Crippen LogP) is 2.67. The Kier molecular flexibility index (Phi) is 3.15. The summed E-state index contributed by atoms with van der Waals surface area (Å²) >= 11 is 0. The number of phenols is 1. The Balaban J connectivity index is 2.71. The van der Waals surface area contributed by atoms with Gasteiger partial charge >= 0.3 is 11.7 Å². The van der Waals surface area contributed by atoms with E-state index < -0.39 is 27.9 Å². The van der Waals surface area contributed by atoms with E-state index in [9.17, 15) is 20.0 Å². The number of phenolic OH excluding ortho intramolecular Hbond substituents is 1. The van der Waals surface area contributed by atoms with Crippen LogP contribution in [0.3, 0.4) is 0 Å². The molecule has 2 aromatic rings. The number of carbonyl (C=O) groups is 1. The molecule has 0 spiro atoms. The van der Waals surface area contributed by atoms with Crippen LogP contribution in [0.2, 0.25) is 0 Å². The van der Waals surface area contributed by atoms with Crippen LogP contribution in [0.25, 0.3) is 11.1 Å². The summed E-state index contributed by atoms with van der Waals surface area (Å²) in [6, 6.07) is 11.0. The second-order valence-corrected chi connectivity index (χ2v) is 3.79. The Morgan fingerprint density at radius 2 is 1.74 bits per heavy atom. The average Bonchev–Trinajstić information content (AvgIpc) is 2.38. The molecular formula is C13H9NO5. The van der Waals surface area contributed by atoms with Gasteiger partial charge in [-0.3, -0.25) is 10.1 Å². The van der Waals surface area contributed by atoms with Gasteiger partial charge in [0.2, 0.25) is 5.75 Å². The summed E-state index contributed by atoms with van der Waals surface area (Å²) in [6.07, 6.45) is 0. The van der Waals surface area contributed by atoms with Gasteiger partial charge in [0.15, 0.2) is 0 Å². The SMILES string of the molecule is O=C(O)c1ccc(-c2ccccc2)c(O)c1[N+](=O)[O-]. The lowest BCUT2D eigenvalue weighted by molar-refractivity contribution is -0.386. The Morgan fingerprint density at radius 3 is 2.26 bits per heavy atom. The van der Waals surface area contributed by atoms with Crippen molar-refractivity contribution in [2.24, 2.45) is 0 Å². The zero-order chi connectivity index (χ0) is 14.0. The van der Waals surface area contributed by atoms with Gasteiger partial charge in [0.05, 0.1) is 4.92 Å². The minimum atomic E-state index is -1.46. The van der Waals surface area contributed by atoms with E-state index in [0.717, 1.165) is 6.07 Å². The van der Waals surface area contributed by atoms with E-state index in [0.29, 0.717) is 5.56 Å². The molecule has 0 aromatic heterocycles. The van der Waals surface area contributed by atoms with E-state index in [2.05, 4.69) is 0 Å². The molecule has 0 amide bonds. The minimum absolute atomic E-state index is 0.220. The molecule has 2 rings (SSSR count). The highest BCUT2D eigenvalue weighted by Gasteiger charge is 2.27. The standard InChI is InChI=1S/C13H9NO5/c15-12-9(8-4-2-1-3-5-8)6-7-10(13(16)17)11(12)14(18)19/h1-7,15H,(H,16,17). The van der Waals surface area contributed by atoms with Crippen molar-refractivity contribution < 1.29 is 19.9 Å². The van der Waals surface area contributed by atoms with Crippen LogP contribution in [0.5, 0.6) is 5.75 Å². The third kappa shape index (κ3) is 2.23. The van der Waals surface area contributed by atoms with Gasteiger partial charge in [-0.15, -0.1) is 0 Å². The first-order valence-electron chi connectivity index (χ1n) is 5.31. The molecule has 96 valence electrons. The van der Waals surface area contributed by atoms with Crippen LogP contribution in [-0.2, 0) is 0 Å². The van der Waals surface area contributed by atoms with Gasteiger partial charge in [0, 0.05) is 5.56 Å². The maximum Gasteiger partial charge on any atom is 0.342 e. The predicted molar refractivity (Wildman–Crippen MR) is 67.2 cm³/mol. The van der Waals surface area contributed by atoms with E-state index >= 15 is 0 Å². The van der Waals surface area contributed by atoms with Gasteiger partial charge in [-0.25, -0.2) is 4.79 Å². The van der Waals surface area contributed by atoms with Crippen LogP contribution in [-0.4, -0.2) is 21.1 Å². The fourth-order valence-electron chi connectivity index (χ4n) is 1.79. The molecule has 6 nitrogen and oxygen atoms in total. The molecule has 0 radical (unpaired) electrons. The Hall–Kier alpha value is -2.89. The first-order chi connectivity index (χ1) is 9.02. The van der Waals surface area contributed by atoms with Crippen molar-refractivity contribution in [3.05, 3.63) is 58.1 Å². The molecule has 0 atom stereocenters. The summed E-state index contributed by atoms with van der Waals surface area (Å²) in [4.78, 5) is 20.9. The summed E-state index contributed by atoms with van der Waals surface area (Å²) in [5, 5.41) is 29.7. The molecule has 0 aliphatic heterocycles. The number of aromatic carboxylic acids is 1. The molecule has 0 heterocycles. The van der Waals surface area contributed by atoms with Gasteiger partial charge in [-0.1, -0.05) is 30.3 Å². The molecule has 19 heavy (non-hydrogen) atoms. The average molecular weight is 259 g/mol. The first-order valence-corrected chi connectivity index (χ1v) is 5.31. The second-order valence-electron chi connectivity index (χ2n) is 3.79. The van der Waals surface area contributed by atoms with Crippen molar-refractivity contribution in [3.63, 3.8) is 0 Å². The van der Waals surface area contributed by atoms with E-state index in [4.69, 9.17) is 5.11 Å². The van der Waals surface area contributed by atoms with Gasteiger partial charge in [0.25, 0.3) is 0 Å². The molecule has 2 aromatic carbocycles. The molecule has 0 saturated heterocycles. The van der Waals surface area contributed by atoms with E-state index in [1.807, 2.05) is 0 Å². The van der Waals surface area contributed by atoms with Crippen LogP contribution in [0, 0.1) is 10.1 Å². The van der Waals surface area contributed by atoms with Gasteiger partial charge in [-0.2, -0.15) is 0 Å². The quantitative estimate of drug-likeness (QED) is 0.651. The van der Waals surface area contributed by atoms with Crippen molar-refractivity contribution in [1.29, 1.82) is 0 Å². The highest BCUT2D eigenvalue weighted by atomic mass is 16.6. The lowest BCUT2D eigenvalue weighted by Crippen LogP contribution is -2.03. The summed E-state index contributed by atoms with van der Waals surface area (Å²) in [5.74, 6) is -2.10. The number of carboxylic acid groups (broad SMARTS) is 1. The number of benzene rings is 2. The smallest absolute Gasteiger partial charge is 0.342 e. The first kappa shape index (κ1) is 12.6. The van der Waals surface area contributed by atoms with Gasteiger partial charge in [-0.05, 0) is 17.7 Å². The summed E-state index contributed by atoms with van der Waals surface area (Å²) < 4.78 is 0. The van der Waals surface area contributed by atoms with Crippen molar-refractivity contribution in [2.45, 2.75) is 0 Å². The molecule has 0 saturated carbocycles. The van der Waals surface area contributed by atoms with Crippen LogP contribution in [0.15, 0.2) is 42.5 Å². The maximum absolute atomic E-state index is 10.9. The summed E-state index contributed by atoms with van der Waals surface area (Å²) in [7, 11) is 0. The maximum atomic E-state index is 10.9. The van der Waals surface area contributed by atoms with Crippen LogP contribution >= 0.6 is 0 Å². The molecule has 0 aliphatic rings. The monoisotopic (exact) mass is 259 g/mol. The van der Waals surface area contributed by atoms with Gasteiger partial charge in [0.1, 0.15) is 5.56 Å². The van der Waals surface area contributed by atoms with Crippen LogP contribution in [0.1, 0.15) is 10.4 Å². The van der Waals surface area contributed by atoms with E-state index in [1.165, 1.54) is 6.07 Å². The largest absolute Gasteiger partial charge is 0.502 e. The van der Waals surface area contributed by atoms with Crippen molar-refractivity contribution in [3.8, 4) is 16.9 Å². The second kappa shape index (κ2) is 4.77. The third-order valence-electron chi connectivity index (χ3n) is 2.65. The topological polar surface area (TPSA) is 101 Å². The molecule has 0 aliphatic carbocycles. The lowest BCUT2D eigenvalue weighted by atomic mass is 10.0. The highest BCUT2D eigenvalue weighted by Crippen LogP contribution is 2.39. The number of hydrogen-bond donors (Lipinski definition) is 2. The number of rotatable bonds is 3. The number of nitrogens with zero attached hydrogens (tertiary/aromatic N) is 1. The number of nitro groups is 1. The third-order valence-corrected chi connectivity index (χ3v) is 2.65. The molecule has 0 fully saturated rings. The number of carboxylic acids is 1. The van der Waals surface area contributed by atoms with E-state index in [1.54, 1.807) is 30.3 Å². The van der Waals surface area contributed by atoms with Crippen molar-refractivity contribution >= 4 is 11.7 Å². The lowest BCUT2D eigenvalue weighted by Gasteiger charge is -2.07. The van der Waals surface area contributed by atoms with Crippen molar-refractivity contribution in [2.75, 3.05) is 0 Å². The van der Waals surface area contributed by atoms with Crippen molar-refractivity contribution in [1.82, 2.24) is 0 Å². The fraction of sp³-hybridized carbons (Fsp3) is 0. The molecule has 0 bridgehead atoms. The number of nitro benzene ring substituents is 1. The number of aromatic hydroxyl groups is 1. The number of hydrogen-bond acceptors (Lipinski definition) is 4.